The summed E-state index contributed by atoms with van der Waals surface area (Å²) in [5, 5.41) is 0. The number of amides is 1. The summed E-state index contributed by atoms with van der Waals surface area (Å²) in [6, 6.07) is 10.1. The lowest BCUT2D eigenvalue weighted by molar-refractivity contribution is -0.142. The van der Waals surface area contributed by atoms with Crippen LogP contribution in [0.3, 0.4) is 0 Å². The predicted octanol–water partition coefficient (Wildman–Crippen LogP) is 3.65. The van der Waals surface area contributed by atoms with Gasteiger partial charge in [-0.2, -0.15) is 0 Å². The second-order valence-electron chi connectivity index (χ2n) is 7.17. The van der Waals surface area contributed by atoms with Crippen LogP contribution in [0, 0.1) is 6.92 Å². The minimum Gasteiger partial charge on any atom is -0.480 e. The zero-order valence-corrected chi connectivity index (χ0v) is 17.6. The highest BCUT2D eigenvalue weighted by molar-refractivity contribution is 9.10. The fourth-order valence-electron chi connectivity index (χ4n) is 3.43. The Morgan fingerprint density at radius 3 is 2.85 bits per heavy atom. The van der Waals surface area contributed by atoms with Gasteiger partial charge in [-0.3, -0.25) is 14.7 Å². The number of carbonyl (C=O) groups is 1. The Hall–Kier alpha value is -1.92. The van der Waals surface area contributed by atoms with Crippen molar-refractivity contribution in [2.75, 3.05) is 19.6 Å². The van der Waals surface area contributed by atoms with Crippen molar-refractivity contribution < 1.29 is 9.53 Å². The molecule has 1 saturated heterocycles. The number of hydrogen-bond acceptors (Lipinski definition) is 4. The van der Waals surface area contributed by atoms with Gasteiger partial charge in [0.05, 0.1) is 4.47 Å². The second-order valence-corrected chi connectivity index (χ2v) is 8.03. The van der Waals surface area contributed by atoms with E-state index < -0.39 is 6.10 Å². The van der Waals surface area contributed by atoms with Crippen LogP contribution in [0.15, 0.2) is 47.2 Å². The molecule has 144 valence electrons. The highest BCUT2D eigenvalue weighted by atomic mass is 79.9. The number of piperazine rings is 1. The standard InChI is InChI=1S/C21H26BrN3O2/c1-15-6-7-20(19(22)11-15)27-17(3)21(26)25-10-9-24(13-16(25)2)14-18-5-4-8-23-12-18/h4-8,11-12,16-17H,9-10,13-14H2,1-3H3/t16-,17+/m1/s1. The summed E-state index contributed by atoms with van der Waals surface area (Å²) < 4.78 is 6.80. The number of aromatic nitrogens is 1. The Bertz CT molecular complexity index is 784. The van der Waals surface area contributed by atoms with Gasteiger partial charge in [-0.05, 0) is 66.0 Å². The number of nitrogens with zero attached hydrogens (tertiary/aromatic N) is 3. The number of aryl methyl sites for hydroxylation is 1. The van der Waals surface area contributed by atoms with Gasteiger partial charge in [-0.25, -0.2) is 0 Å². The van der Waals surface area contributed by atoms with Crippen molar-refractivity contribution in [2.24, 2.45) is 0 Å². The number of rotatable bonds is 5. The highest BCUT2D eigenvalue weighted by Crippen LogP contribution is 2.27. The maximum Gasteiger partial charge on any atom is 0.263 e. The quantitative estimate of drug-likeness (QED) is 0.724. The molecule has 2 aromatic rings. The predicted molar refractivity (Wildman–Crippen MR) is 110 cm³/mol. The Labute approximate surface area is 169 Å². The zero-order chi connectivity index (χ0) is 19.4. The summed E-state index contributed by atoms with van der Waals surface area (Å²) in [7, 11) is 0. The van der Waals surface area contributed by atoms with E-state index in [1.807, 2.05) is 49.2 Å². The minimum atomic E-state index is -0.517. The summed E-state index contributed by atoms with van der Waals surface area (Å²) in [6.07, 6.45) is 3.17. The van der Waals surface area contributed by atoms with Gasteiger partial charge in [0.1, 0.15) is 5.75 Å². The average molecular weight is 432 g/mol. The molecular weight excluding hydrogens is 406 g/mol. The molecule has 1 amide bonds. The van der Waals surface area contributed by atoms with E-state index in [0.717, 1.165) is 29.7 Å². The highest BCUT2D eigenvalue weighted by Gasteiger charge is 2.31. The molecule has 6 heteroatoms. The van der Waals surface area contributed by atoms with Crippen LogP contribution in [-0.4, -0.2) is 52.5 Å². The van der Waals surface area contributed by atoms with Crippen molar-refractivity contribution in [3.8, 4) is 5.75 Å². The van der Waals surface area contributed by atoms with Gasteiger partial charge in [-0.15, -0.1) is 0 Å². The normalized spacial score (nSPS) is 19.0. The van der Waals surface area contributed by atoms with E-state index in [2.05, 4.69) is 38.8 Å². The molecule has 0 radical (unpaired) electrons. The SMILES string of the molecule is Cc1ccc(O[C@@H](C)C(=O)N2CCN(Cc3cccnc3)C[C@H]2C)c(Br)c1. The third kappa shape index (κ3) is 5.08. The molecule has 1 aliphatic heterocycles. The fourth-order valence-corrected chi connectivity index (χ4v) is 4.02. The van der Waals surface area contributed by atoms with Crippen molar-refractivity contribution in [1.29, 1.82) is 0 Å². The third-order valence-electron chi connectivity index (χ3n) is 4.86. The van der Waals surface area contributed by atoms with Gasteiger partial charge in [-0.1, -0.05) is 12.1 Å². The van der Waals surface area contributed by atoms with E-state index in [4.69, 9.17) is 4.74 Å². The molecule has 1 aliphatic rings. The number of benzene rings is 1. The van der Waals surface area contributed by atoms with Crippen LogP contribution in [0.5, 0.6) is 5.75 Å². The van der Waals surface area contributed by atoms with Crippen LogP contribution in [-0.2, 0) is 11.3 Å². The molecule has 3 rings (SSSR count). The molecule has 0 saturated carbocycles. The molecule has 0 bridgehead atoms. The molecule has 0 aliphatic carbocycles. The molecule has 2 heterocycles. The van der Waals surface area contributed by atoms with E-state index in [1.54, 1.807) is 6.20 Å². The third-order valence-corrected chi connectivity index (χ3v) is 5.48. The van der Waals surface area contributed by atoms with Crippen molar-refractivity contribution in [2.45, 2.75) is 39.5 Å². The minimum absolute atomic E-state index is 0.0380. The van der Waals surface area contributed by atoms with Gasteiger partial charge < -0.3 is 9.64 Å². The second kappa shape index (κ2) is 8.85. The molecule has 2 atom stereocenters. The van der Waals surface area contributed by atoms with E-state index in [0.29, 0.717) is 12.3 Å². The molecule has 1 aromatic heterocycles. The molecule has 0 unspecified atom stereocenters. The van der Waals surface area contributed by atoms with E-state index in [1.165, 1.54) is 5.56 Å². The van der Waals surface area contributed by atoms with Crippen LogP contribution in [0.25, 0.3) is 0 Å². The van der Waals surface area contributed by atoms with Gasteiger partial charge in [0.2, 0.25) is 0 Å². The van der Waals surface area contributed by atoms with Gasteiger partial charge >= 0.3 is 0 Å². The first kappa shape index (κ1) is 19.8. The lowest BCUT2D eigenvalue weighted by Crippen LogP contribution is -2.56. The van der Waals surface area contributed by atoms with Gasteiger partial charge in [0, 0.05) is 44.6 Å². The summed E-state index contributed by atoms with van der Waals surface area (Å²) in [6.45, 7) is 9.22. The Morgan fingerprint density at radius 2 is 2.19 bits per heavy atom. The first-order valence-electron chi connectivity index (χ1n) is 9.28. The first-order valence-corrected chi connectivity index (χ1v) is 10.1. The average Bonchev–Trinajstić information content (AvgIpc) is 2.64. The Balaban J connectivity index is 1.57. The fraction of sp³-hybridized carbons (Fsp3) is 0.429. The van der Waals surface area contributed by atoms with Crippen LogP contribution < -0.4 is 4.74 Å². The van der Waals surface area contributed by atoms with E-state index in [-0.39, 0.29) is 11.9 Å². The maximum atomic E-state index is 12.9. The number of hydrogen-bond donors (Lipinski definition) is 0. The van der Waals surface area contributed by atoms with Crippen molar-refractivity contribution in [3.05, 3.63) is 58.3 Å². The van der Waals surface area contributed by atoms with Gasteiger partial charge in [0.25, 0.3) is 5.91 Å². The Kier molecular flexibility index (Phi) is 6.50. The monoisotopic (exact) mass is 431 g/mol. The van der Waals surface area contributed by atoms with Crippen LogP contribution >= 0.6 is 15.9 Å². The molecule has 0 spiro atoms. The summed E-state index contributed by atoms with van der Waals surface area (Å²) >= 11 is 3.51. The van der Waals surface area contributed by atoms with Crippen LogP contribution in [0.4, 0.5) is 0 Å². The molecular formula is C21H26BrN3O2. The van der Waals surface area contributed by atoms with Crippen molar-refractivity contribution >= 4 is 21.8 Å². The molecule has 1 aromatic carbocycles. The maximum absolute atomic E-state index is 12.9. The summed E-state index contributed by atoms with van der Waals surface area (Å²) in [5.74, 6) is 0.736. The number of halogens is 1. The number of carbonyl (C=O) groups excluding carboxylic acids is 1. The Morgan fingerprint density at radius 1 is 1.37 bits per heavy atom. The summed E-state index contributed by atoms with van der Waals surface area (Å²) in [4.78, 5) is 21.4. The molecule has 1 fully saturated rings. The van der Waals surface area contributed by atoms with Crippen molar-refractivity contribution in [1.82, 2.24) is 14.8 Å². The molecule has 27 heavy (non-hydrogen) atoms. The largest absolute Gasteiger partial charge is 0.480 e. The first-order chi connectivity index (χ1) is 12.9. The number of pyridine rings is 1. The summed E-state index contributed by atoms with van der Waals surface area (Å²) in [5.41, 5.74) is 2.34. The van der Waals surface area contributed by atoms with Gasteiger partial charge in [0.15, 0.2) is 6.10 Å². The van der Waals surface area contributed by atoms with Crippen LogP contribution in [0.2, 0.25) is 0 Å². The van der Waals surface area contributed by atoms with E-state index in [9.17, 15) is 4.79 Å². The lowest BCUT2D eigenvalue weighted by atomic mass is 10.1. The molecule has 5 nitrogen and oxygen atoms in total. The topological polar surface area (TPSA) is 45.7 Å². The number of ether oxygens (including phenoxy) is 1. The van der Waals surface area contributed by atoms with Crippen LogP contribution in [0.1, 0.15) is 25.0 Å². The van der Waals surface area contributed by atoms with E-state index >= 15 is 0 Å². The lowest BCUT2D eigenvalue weighted by Gasteiger charge is -2.40. The van der Waals surface area contributed by atoms with Crippen molar-refractivity contribution in [3.63, 3.8) is 0 Å². The smallest absolute Gasteiger partial charge is 0.263 e. The molecule has 0 N–H and O–H groups in total. The zero-order valence-electron chi connectivity index (χ0n) is 16.1.